The summed E-state index contributed by atoms with van der Waals surface area (Å²) in [6.45, 7) is 0.761. The molecule has 1 aliphatic rings. The van der Waals surface area contributed by atoms with E-state index in [1.165, 1.54) is 0 Å². The lowest BCUT2D eigenvalue weighted by Gasteiger charge is -2.18. The number of amides is 1. The predicted molar refractivity (Wildman–Crippen MR) is 99.3 cm³/mol. The van der Waals surface area contributed by atoms with Crippen molar-refractivity contribution in [1.82, 2.24) is 5.32 Å². The largest absolute Gasteiger partial charge is 0.497 e. The van der Waals surface area contributed by atoms with Crippen LogP contribution < -0.4 is 20.1 Å². The van der Waals surface area contributed by atoms with Crippen LogP contribution in [0, 0.1) is 0 Å². The first-order valence-electron chi connectivity index (χ1n) is 8.58. The van der Waals surface area contributed by atoms with Crippen LogP contribution in [0.3, 0.4) is 0 Å². The molecule has 0 saturated carbocycles. The monoisotopic (exact) mass is 340 g/mol. The van der Waals surface area contributed by atoms with Crippen molar-refractivity contribution in [3.63, 3.8) is 0 Å². The zero-order valence-electron chi connectivity index (χ0n) is 14.7. The molecule has 3 rings (SSSR count). The van der Waals surface area contributed by atoms with Crippen molar-refractivity contribution in [1.29, 1.82) is 0 Å². The van der Waals surface area contributed by atoms with E-state index in [1.54, 1.807) is 14.2 Å². The third kappa shape index (κ3) is 4.05. The molecular formula is C20H24N2O3. The van der Waals surface area contributed by atoms with Crippen molar-refractivity contribution in [3.05, 3.63) is 42.5 Å². The maximum Gasteiger partial charge on any atom is 0.242 e. The van der Waals surface area contributed by atoms with Gasteiger partial charge in [0.2, 0.25) is 5.91 Å². The van der Waals surface area contributed by atoms with Gasteiger partial charge in [-0.1, -0.05) is 12.1 Å². The van der Waals surface area contributed by atoms with Crippen LogP contribution in [0.5, 0.6) is 11.5 Å². The van der Waals surface area contributed by atoms with Gasteiger partial charge in [0.15, 0.2) is 0 Å². The van der Waals surface area contributed by atoms with Gasteiger partial charge in [-0.3, -0.25) is 4.79 Å². The minimum atomic E-state index is -0.195. The van der Waals surface area contributed by atoms with E-state index in [4.69, 9.17) is 9.47 Å². The molecule has 2 aromatic carbocycles. The number of ether oxygens (including phenoxy) is 2. The highest BCUT2D eigenvalue weighted by Crippen LogP contribution is 2.33. The quantitative estimate of drug-likeness (QED) is 0.875. The molecule has 25 heavy (non-hydrogen) atoms. The van der Waals surface area contributed by atoms with Gasteiger partial charge >= 0.3 is 0 Å². The Hall–Kier alpha value is -2.69. The van der Waals surface area contributed by atoms with Gasteiger partial charge in [-0.05, 0) is 55.2 Å². The average molecular weight is 340 g/mol. The van der Waals surface area contributed by atoms with Crippen LogP contribution in [0.2, 0.25) is 0 Å². The van der Waals surface area contributed by atoms with Gasteiger partial charge in [-0.15, -0.1) is 0 Å². The topological polar surface area (TPSA) is 59.6 Å². The van der Waals surface area contributed by atoms with E-state index in [-0.39, 0.29) is 11.9 Å². The molecule has 0 spiro atoms. The van der Waals surface area contributed by atoms with E-state index in [0.29, 0.717) is 0 Å². The number of nitrogens with one attached hydrogen (secondary N) is 2. The lowest BCUT2D eigenvalue weighted by Crippen LogP contribution is -2.37. The number of rotatable bonds is 5. The molecular weight excluding hydrogens is 316 g/mol. The Morgan fingerprint density at radius 2 is 1.84 bits per heavy atom. The zero-order valence-corrected chi connectivity index (χ0v) is 14.7. The second-order valence-electron chi connectivity index (χ2n) is 6.13. The number of carbonyl (C=O) groups excluding carboxylic acids is 1. The Balaban J connectivity index is 1.87. The predicted octanol–water partition coefficient (Wildman–Crippen LogP) is 3.45. The third-order valence-corrected chi connectivity index (χ3v) is 4.48. The molecule has 0 radical (unpaired) electrons. The molecule has 1 fully saturated rings. The van der Waals surface area contributed by atoms with Gasteiger partial charge in [0.25, 0.3) is 0 Å². The summed E-state index contributed by atoms with van der Waals surface area (Å²) in [5.74, 6) is 1.67. The first-order chi connectivity index (χ1) is 12.2. The van der Waals surface area contributed by atoms with E-state index in [0.717, 1.165) is 54.1 Å². The molecule has 5 nitrogen and oxygen atoms in total. The van der Waals surface area contributed by atoms with E-state index in [1.807, 2.05) is 42.5 Å². The zero-order chi connectivity index (χ0) is 17.6. The highest BCUT2D eigenvalue weighted by molar-refractivity contribution is 5.85. The lowest BCUT2D eigenvalue weighted by atomic mass is 10.0. The van der Waals surface area contributed by atoms with Crippen LogP contribution in [-0.4, -0.2) is 32.7 Å². The highest BCUT2D eigenvalue weighted by Gasteiger charge is 2.20. The second kappa shape index (κ2) is 7.92. The fourth-order valence-corrected chi connectivity index (χ4v) is 3.07. The van der Waals surface area contributed by atoms with Gasteiger partial charge < -0.3 is 20.1 Å². The lowest BCUT2D eigenvalue weighted by molar-refractivity contribution is -0.121. The van der Waals surface area contributed by atoms with Crippen LogP contribution in [0.4, 0.5) is 5.69 Å². The number of hydrogen-bond donors (Lipinski definition) is 2. The first kappa shape index (κ1) is 17.1. The molecule has 0 aromatic heterocycles. The standard InChI is InChI=1S/C20H24N2O3/c1-24-16-9-6-14(7-10-16)17-13-15(8-11-19(17)25-2)22-18-5-3-4-12-21-20(18)23/h6-11,13,18,22H,3-5,12H2,1-2H3,(H,21,23). The summed E-state index contributed by atoms with van der Waals surface area (Å²) in [6, 6.07) is 13.6. The van der Waals surface area contributed by atoms with Crippen molar-refractivity contribution in [2.45, 2.75) is 25.3 Å². The molecule has 1 amide bonds. The smallest absolute Gasteiger partial charge is 0.242 e. The van der Waals surface area contributed by atoms with Gasteiger partial charge in [-0.2, -0.15) is 0 Å². The minimum Gasteiger partial charge on any atom is -0.497 e. The van der Waals surface area contributed by atoms with E-state index < -0.39 is 0 Å². The third-order valence-electron chi connectivity index (χ3n) is 4.48. The summed E-state index contributed by atoms with van der Waals surface area (Å²) in [5, 5.41) is 6.32. The van der Waals surface area contributed by atoms with Crippen LogP contribution in [-0.2, 0) is 4.79 Å². The van der Waals surface area contributed by atoms with Crippen LogP contribution in [0.15, 0.2) is 42.5 Å². The van der Waals surface area contributed by atoms with Crippen molar-refractivity contribution >= 4 is 11.6 Å². The van der Waals surface area contributed by atoms with Gasteiger partial charge in [-0.25, -0.2) is 0 Å². The van der Waals surface area contributed by atoms with Crippen molar-refractivity contribution in [2.75, 3.05) is 26.1 Å². The summed E-state index contributed by atoms with van der Waals surface area (Å²) >= 11 is 0. The Labute approximate surface area is 148 Å². The Morgan fingerprint density at radius 1 is 1.04 bits per heavy atom. The SMILES string of the molecule is COc1ccc(-c2cc(NC3CCCCNC3=O)ccc2OC)cc1. The maximum absolute atomic E-state index is 12.2. The number of anilines is 1. The fraction of sp³-hybridized carbons (Fsp3) is 0.350. The average Bonchev–Trinajstić information content (AvgIpc) is 2.86. The fourth-order valence-electron chi connectivity index (χ4n) is 3.07. The second-order valence-corrected chi connectivity index (χ2v) is 6.13. The molecule has 5 heteroatoms. The van der Waals surface area contributed by atoms with E-state index >= 15 is 0 Å². The van der Waals surface area contributed by atoms with Crippen LogP contribution >= 0.6 is 0 Å². The Morgan fingerprint density at radius 3 is 2.56 bits per heavy atom. The molecule has 1 atom stereocenters. The Bertz CT molecular complexity index is 728. The molecule has 0 bridgehead atoms. The van der Waals surface area contributed by atoms with Crippen molar-refractivity contribution < 1.29 is 14.3 Å². The number of methoxy groups -OCH3 is 2. The minimum absolute atomic E-state index is 0.0688. The molecule has 2 N–H and O–H groups in total. The van der Waals surface area contributed by atoms with Crippen molar-refractivity contribution in [3.8, 4) is 22.6 Å². The number of benzene rings is 2. The highest BCUT2D eigenvalue weighted by atomic mass is 16.5. The summed E-state index contributed by atoms with van der Waals surface area (Å²) in [5.41, 5.74) is 2.92. The normalized spacial score (nSPS) is 17.4. The molecule has 1 unspecified atom stereocenters. The molecule has 2 aromatic rings. The van der Waals surface area contributed by atoms with Crippen molar-refractivity contribution in [2.24, 2.45) is 0 Å². The molecule has 0 aliphatic carbocycles. The summed E-state index contributed by atoms with van der Waals surface area (Å²) in [4.78, 5) is 12.2. The van der Waals surface area contributed by atoms with Crippen LogP contribution in [0.1, 0.15) is 19.3 Å². The maximum atomic E-state index is 12.2. The molecule has 1 aliphatic heterocycles. The summed E-state index contributed by atoms with van der Waals surface area (Å²) in [7, 11) is 3.31. The van der Waals surface area contributed by atoms with Gasteiger partial charge in [0, 0.05) is 17.8 Å². The van der Waals surface area contributed by atoms with E-state index in [9.17, 15) is 4.79 Å². The number of hydrogen-bond acceptors (Lipinski definition) is 4. The molecule has 132 valence electrons. The Kier molecular flexibility index (Phi) is 5.43. The van der Waals surface area contributed by atoms with E-state index in [2.05, 4.69) is 10.6 Å². The summed E-state index contributed by atoms with van der Waals surface area (Å²) < 4.78 is 10.7. The summed E-state index contributed by atoms with van der Waals surface area (Å²) in [6.07, 6.45) is 2.91. The van der Waals surface area contributed by atoms with Gasteiger partial charge in [0.1, 0.15) is 17.5 Å². The number of carbonyl (C=O) groups is 1. The first-order valence-corrected chi connectivity index (χ1v) is 8.58. The molecule has 1 saturated heterocycles. The molecule has 1 heterocycles. The van der Waals surface area contributed by atoms with Crippen LogP contribution in [0.25, 0.3) is 11.1 Å². The van der Waals surface area contributed by atoms with Gasteiger partial charge in [0.05, 0.1) is 14.2 Å².